The second-order valence-corrected chi connectivity index (χ2v) is 7.66. The Morgan fingerprint density at radius 1 is 0.957 bits per heavy atom. The van der Waals surface area contributed by atoms with E-state index in [1.165, 1.54) is 48.1 Å². The lowest BCUT2D eigenvalue weighted by molar-refractivity contribution is -0.694. The van der Waals surface area contributed by atoms with E-state index in [2.05, 4.69) is 74.0 Å². The number of benzene rings is 2. The van der Waals surface area contributed by atoms with Gasteiger partial charge in [0, 0.05) is 44.3 Å². The fourth-order valence-corrected chi connectivity index (χ4v) is 5.13. The van der Waals surface area contributed by atoms with E-state index in [-0.39, 0.29) is 0 Å². The third-order valence-electron chi connectivity index (χ3n) is 5.29. The van der Waals surface area contributed by atoms with Gasteiger partial charge in [-0.2, -0.15) is 4.57 Å². The Morgan fingerprint density at radius 2 is 1.78 bits per heavy atom. The number of hydrogen-bond donors (Lipinski definition) is 0. The van der Waals surface area contributed by atoms with Crippen molar-refractivity contribution in [3.8, 4) is 11.3 Å². The van der Waals surface area contributed by atoms with Crippen molar-refractivity contribution in [2.75, 3.05) is 0 Å². The Bertz CT molecular complexity index is 1100. The van der Waals surface area contributed by atoms with Crippen LogP contribution < -0.4 is 4.57 Å². The molecule has 3 heterocycles. The van der Waals surface area contributed by atoms with Crippen LogP contribution in [0.5, 0.6) is 0 Å². The van der Waals surface area contributed by atoms with Crippen LogP contribution in [0.4, 0.5) is 0 Å². The molecule has 0 amide bonds. The van der Waals surface area contributed by atoms with Gasteiger partial charge >= 0.3 is 0 Å². The highest BCUT2D eigenvalue weighted by Gasteiger charge is 2.35. The van der Waals surface area contributed by atoms with Crippen LogP contribution in [-0.4, -0.2) is 0 Å². The largest absolute Gasteiger partial charge is 0.215 e. The lowest BCUT2D eigenvalue weighted by Crippen LogP contribution is -2.36. The van der Waals surface area contributed by atoms with Crippen LogP contribution in [0, 0.1) is 13.8 Å². The third-order valence-corrected chi connectivity index (χ3v) is 6.49. The number of aromatic nitrogens is 1. The predicted molar refractivity (Wildman–Crippen MR) is 98.2 cm³/mol. The first-order valence-corrected chi connectivity index (χ1v) is 8.93. The zero-order valence-electron chi connectivity index (χ0n) is 13.6. The molecular formula is C21H18NS+. The van der Waals surface area contributed by atoms with Crippen LogP contribution >= 0.6 is 11.3 Å². The Morgan fingerprint density at radius 3 is 2.65 bits per heavy atom. The van der Waals surface area contributed by atoms with Crippen LogP contribution in [0.15, 0.2) is 48.7 Å². The molecule has 112 valence electrons. The maximum atomic E-state index is 2.44. The molecule has 0 N–H and O–H groups in total. The van der Waals surface area contributed by atoms with E-state index in [4.69, 9.17) is 0 Å². The molecule has 1 unspecified atom stereocenters. The lowest BCUT2D eigenvalue weighted by atomic mass is 10.00. The first-order valence-electron chi connectivity index (χ1n) is 8.12. The van der Waals surface area contributed by atoms with Crippen molar-refractivity contribution in [2.45, 2.75) is 26.8 Å². The highest BCUT2D eigenvalue weighted by Crippen LogP contribution is 2.45. The molecule has 0 spiro atoms. The summed E-state index contributed by atoms with van der Waals surface area (Å²) in [5, 5.41) is 2.77. The summed E-state index contributed by atoms with van der Waals surface area (Å²) in [4.78, 5) is 0. The first-order chi connectivity index (χ1) is 11.1. The molecule has 2 heteroatoms. The second-order valence-electron chi connectivity index (χ2n) is 6.61. The number of nitrogens with zero attached hydrogens (tertiary/aromatic N) is 1. The summed E-state index contributed by atoms with van der Waals surface area (Å²) in [5.41, 5.74) is 7.00. The Hall–Kier alpha value is -2.19. The van der Waals surface area contributed by atoms with E-state index in [0.29, 0.717) is 6.04 Å². The van der Waals surface area contributed by atoms with E-state index in [9.17, 15) is 0 Å². The number of pyridine rings is 1. The molecule has 2 aromatic carbocycles. The van der Waals surface area contributed by atoms with Gasteiger partial charge in [-0.1, -0.05) is 30.3 Å². The highest BCUT2D eigenvalue weighted by molar-refractivity contribution is 7.26. The van der Waals surface area contributed by atoms with Gasteiger partial charge in [0.25, 0.3) is 0 Å². The average molecular weight is 316 g/mol. The van der Waals surface area contributed by atoms with Gasteiger partial charge in [-0.3, -0.25) is 0 Å². The summed E-state index contributed by atoms with van der Waals surface area (Å²) >= 11 is 1.93. The molecule has 1 atom stereocenters. The summed E-state index contributed by atoms with van der Waals surface area (Å²) in [6.45, 7) is 6.72. The van der Waals surface area contributed by atoms with Crippen molar-refractivity contribution >= 4 is 31.5 Å². The van der Waals surface area contributed by atoms with Crippen molar-refractivity contribution in [3.05, 3.63) is 65.4 Å². The summed E-state index contributed by atoms with van der Waals surface area (Å²) in [7, 11) is 0. The van der Waals surface area contributed by atoms with Gasteiger partial charge in [-0.05, 0) is 25.5 Å². The Kier molecular flexibility index (Phi) is 2.55. The minimum absolute atomic E-state index is 0.411. The minimum Gasteiger partial charge on any atom is -0.191 e. The standard InChI is InChI=1S/C21H18NS/c1-12-10-18-20-15(14(3)22(18)11-13(12)2)8-9-17-16-6-4-5-7-19(16)23-21(17)20/h4-11,14H,1-3H3/q+1. The van der Waals surface area contributed by atoms with Crippen LogP contribution in [0.1, 0.15) is 29.7 Å². The predicted octanol–water partition coefficient (Wildman–Crippen LogP) is 5.55. The van der Waals surface area contributed by atoms with Crippen molar-refractivity contribution < 1.29 is 4.57 Å². The molecule has 0 bridgehead atoms. The molecule has 23 heavy (non-hydrogen) atoms. The lowest BCUT2D eigenvalue weighted by Gasteiger charge is -2.03. The van der Waals surface area contributed by atoms with Crippen LogP contribution in [0.2, 0.25) is 0 Å². The zero-order valence-corrected chi connectivity index (χ0v) is 14.4. The highest BCUT2D eigenvalue weighted by atomic mass is 32.1. The number of fused-ring (bicyclic) bond motifs is 7. The average Bonchev–Trinajstić information content (AvgIpc) is 3.05. The first kappa shape index (κ1) is 13.3. The minimum atomic E-state index is 0.411. The number of rotatable bonds is 0. The molecule has 0 fully saturated rings. The zero-order chi connectivity index (χ0) is 15.7. The molecule has 0 aliphatic carbocycles. The maximum Gasteiger partial charge on any atom is 0.215 e. The van der Waals surface area contributed by atoms with Crippen LogP contribution in [0.3, 0.4) is 0 Å². The van der Waals surface area contributed by atoms with Crippen molar-refractivity contribution in [3.63, 3.8) is 0 Å². The molecule has 1 aliphatic rings. The normalized spacial score (nSPS) is 16.0. The summed E-state index contributed by atoms with van der Waals surface area (Å²) in [6.07, 6.45) is 2.31. The smallest absolute Gasteiger partial charge is 0.191 e. The Labute approximate surface area is 139 Å². The summed E-state index contributed by atoms with van der Waals surface area (Å²) in [6, 6.07) is 16.2. The molecule has 1 aliphatic heterocycles. The maximum absolute atomic E-state index is 2.44. The van der Waals surface area contributed by atoms with E-state index in [1.54, 1.807) is 0 Å². The fourth-order valence-electron chi connectivity index (χ4n) is 3.86. The molecule has 1 nitrogen and oxygen atoms in total. The molecule has 4 aromatic rings. The molecule has 2 aromatic heterocycles. The topological polar surface area (TPSA) is 3.88 Å². The SMILES string of the molecule is Cc1cc2[n+](cc1C)C(C)c1ccc3c(sc4ccccc43)c1-2. The van der Waals surface area contributed by atoms with Gasteiger partial charge in [0.2, 0.25) is 5.69 Å². The van der Waals surface area contributed by atoms with E-state index in [1.807, 2.05) is 11.3 Å². The molecule has 0 radical (unpaired) electrons. The monoisotopic (exact) mass is 316 g/mol. The van der Waals surface area contributed by atoms with Crippen molar-refractivity contribution in [1.29, 1.82) is 0 Å². The van der Waals surface area contributed by atoms with Gasteiger partial charge in [-0.15, -0.1) is 11.3 Å². The molecule has 5 rings (SSSR count). The second kappa shape index (κ2) is 4.42. The summed E-state index contributed by atoms with van der Waals surface area (Å²) in [5.74, 6) is 0. The number of thiophene rings is 1. The number of hydrogen-bond acceptors (Lipinski definition) is 1. The number of aryl methyl sites for hydroxylation is 2. The van der Waals surface area contributed by atoms with E-state index < -0.39 is 0 Å². The third kappa shape index (κ3) is 1.64. The van der Waals surface area contributed by atoms with Gasteiger partial charge in [0.05, 0.1) is 5.56 Å². The van der Waals surface area contributed by atoms with E-state index >= 15 is 0 Å². The molecule has 0 saturated heterocycles. The van der Waals surface area contributed by atoms with Crippen LogP contribution in [0.25, 0.3) is 31.4 Å². The van der Waals surface area contributed by atoms with Crippen molar-refractivity contribution in [2.24, 2.45) is 0 Å². The van der Waals surface area contributed by atoms with Gasteiger partial charge in [0.15, 0.2) is 12.2 Å². The molecular weight excluding hydrogens is 298 g/mol. The van der Waals surface area contributed by atoms with Crippen molar-refractivity contribution in [1.82, 2.24) is 0 Å². The van der Waals surface area contributed by atoms with Gasteiger partial charge < -0.3 is 0 Å². The summed E-state index contributed by atoms with van der Waals surface area (Å²) < 4.78 is 5.26. The van der Waals surface area contributed by atoms with Gasteiger partial charge in [-0.25, -0.2) is 0 Å². The van der Waals surface area contributed by atoms with Crippen LogP contribution in [-0.2, 0) is 0 Å². The van der Waals surface area contributed by atoms with Gasteiger partial charge in [0.1, 0.15) is 0 Å². The Balaban J connectivity index is 1.96. The quantitative estimate of drug-likeness (QED) is 0.375. The fraction of sp³-hybridized carbons (Fsp3) is 0.190. The van der Waals surface area contributed by atoms with E-state index in [0.717, 1.165) is 0 Å². The molecule has 0 saturated carbocycles.